The molecule has 1 saturated heterocycles. The van der Waals surface area contributed by atoms with E-state index in [4.69, 9.17) is 16.3 Å². The van der Waals surface area contributed by atoms with Gasteiger partial charge >= 0.3 is 5.97 Å². The molecule has 0 bridgehead atoms. The minimum Gasteiger partial charge on any atom is -0.467 e. The summed E-state index contributed by atoms with van der Waals surface area (Å²) in [5.41, 5.74) is 0.325. The molecule has 1 amide bonds. The largest absolute Gasteiger partial charge is 0.467 e. The number of benzene rings is 1. The van der Waals surface area contributed by atoms with Crippen molar-refractivity contribution in [3.63, 3.8) is 0 Å². The van der Waals surface area contributed by atoms with Crippen molar-refractivity contribution in [1.82, 2.24) is 4.90 Å². The summed E-state index contributed by atoms with van der Waals surface area (Å²) in [6, 6.07) is 4.39. The molecule has 0 radical (unpaired) electrons. The average molecular weight is 330 g/mol. The predicted octanol–water partition coefficient (Wildman–Crippen LogP) is 1.81. The zero-order chi connectivity index (χ0) is 15.6. The first-order valence-electron chi connectivity index (χ1n) is 6.38. The Hall–Kier alpha value is -1.24. The standard InChI is InChI=1S/C14H16ClNO4S/c1-20-14(19)12-5-8(17)7-16(12)13(18)10-6-9(21-2)3-4-11(10)15/h3-4,6,8,12,17H,5,7H2,1-2H3. The van der Waals surface area contributed by atoms with Crippen molar-refractivity contribution in [3.8, 4) is 0 Å². The van der Waals surface area contributed by atoms with E-state index in [0.29, 0.717) is 10.6 Å². The van der Waals surface area contributed by atoms with E-state index in [-0.39, 0.29) is 18.9 Å². The maximum Gasteiger partial charge on any atom is 0.328 e. The van der Waals surface area contributed by atoms with Crippen LogP contribution in [0.25, 0.3) is 0 Å². The van der Waals surface area contributed by atoms with Crippen LogP contribution in [0.3, 0.4) is 0 Å². The van der Waals surface area contributed by atoms with Gasteiger partial charge in [0, 0.05) is 17.9 Å². The van der Waals surface area contributed by atoms with Crippen molar-refractivity contribution in [2.75, 3.05) is 19.9 Å². The number of methoxy groups -OCH3 is 1. The molecule has 2 rings (SSSR count). The van der Waals surface area contributed by atoms with Crippen molar-refractivity contribution >= 4 is 35.2 Å². The number of aliphatic hydroxyl groups is 1. The van der Waals surface area contributed by atoms with Gasteiger partial charge in [0.1, 0.15) is 6.04 Å². The minimum absolute atomic E-state index is 0.0957. The number of rotatable bonds is 3. The summed E-state index contributed by atoms with van der Waals surface area (Å²) in [4.78, 5) is 26.6. The molecule has 1 N–H and O–H groups in total. The molecular weight excluding hydrogens is 314 g/mol. The second-order valence-corrected chi connectivity index (χ2v) is 6.02. The lowest BCUT2D eigenvalue weighted by molar-refractivity contribution is -0.145. The third kappa shape index (κ3) is 3.33. The highest BCUT2D eigenvalue weighted by molar-refractivity contribution is 7.98. The number of amides is 1. The fourth-order valence-corrected chi connectivity index (χ4v) is 2.99. The molecule has 7 heteroatoms. The molecule has 21 heavy (non-hydrogen) atoms. The van der Waals surface area contributed by atoms with Gasteiger partial charge in [0.25, 0.3) is 5.91 Å². The Bertz CT molecular complexity index is 566. The lowest BCUT2D eigenvalue weighted by Crippen LogP contribution is -2.41. The van der Waals surface area contributed by atoms with Crippen LogP contribution in [-0.4, -0.2) is 53.9 Å². The fourth-order valence-electron chi connectivity index (χ4n) is 2.35. The minimum atomic E-state index is -0.772. The summed E-state index contributed by atoms with van der Waals surface area (Å²) in [6.07, 6.45) is 1.34. The van der Waals surface area contributed by atoms with E-state index in [2.05, 4.69) is 0 Å². The van der Waals surface area contributed by atoms with E-state index in [1.807, 2.05) is 12.3 Å². The maximum atomic E-state index is 12.6. The number of thioether (sulfide) groups is 1. The normalized spacial score (nSPS) is 21.4. The Kier molecular flexibility index (Phi) is 5.13. The number of hydrogen-bond acceptors (Lipinski definition) is 5. The molecule has 1 heterocycles. The van der Waals surface area contributed by atoms with E-state index in [1.165, 1.54) is 23.8 Å². The number of hydrogen-bond donors (Lipinski definition) is 1. The number of halogens is 1. The molecule has 1 aliphatic rings. The third-order valence-corrected chi connectivity index (χ3v) is 4.47. The number of β-amino-alcohol motifs (C(OH)–C–C–N with tert-alkyl or cyclic N) is 1. The van der Waals surface area contributed by atoms with Crippen LogP contribution in [0, 0.1) is 0 Å². The van der Waals surface area contributed by atoms with Crippen LogP contribution in [-0.2, 0) is 9.53 Å². The smallest absolute Gasteiger partial charge is 0.328 e. The zero-order valence-corrected chi connectivity index (χ0v) is 13.3. The SMILES string of the molecule is COC(=O)C1CC(O)CN1C(=O)c1cc(SC)ccc1Cl. The Morgan fingerprint density at radius 3 is 2.81 bits per heavy atom. The highest BCUT2D eigenvalue weighted by Crippen LogP contribution is 2.27. The van der Waals surface area contributed by atoms with E-state index >= 15 is 0 Å². The monoisotopic (exact) mass is 329 g/mol. The highest BCUT2D eigenvalue weighted by Gasteiger charge is 2.40. The second kappa shape index (κ2) is 6.68. The number of esters is 1. The van der Waals surface area contributed by atoms with E-state index in [0.717, 1.165) is 4.90 Å². The van der Waals surface area contributed by atoms with Crippen molar-refractivity contribution < 1.29 is 19.4 Å². The lowest BCUT2D eigenvalue weighted by atomic mass is 10.1. The number of carbonyl (C=O) groups is 2. The fraction of sp³-hybridized carbons (Fsp3) is 0.429. The summed E-state index contributed by atoms with van der Waals surface area (Å²) in [7, 11) is 1.26. The molecule has 0 aromatic heterocycles. The molecule has 1 aromatic carbocycles. The molecule has 1 fully saturated rings. The van der Waals surface area contributed by atoms with Gasteiger partial charge in [-0.25, -0.2) is 4.79 Å². The topological polar surface area (TPSA) is 66.8 Å². The van der Waals surface area contributed by atoms with Gasteiger partial charge in [-0.3, -0.25) is 4.79 Å². The van der Waals surface area contributed by atoms with Crippen molar-refractivity contribution in [1.29, 1.82) is 0 Å². The first kappa shape index (κ1) is 16.1. The Labute approximate surface area is 132 Å². The van der Waals surface area contributed by atoms with Gasteiger partial charge in [0.15, 0.2) is 0 Å². The van der Waals surface area contributed by atoms with Gasteiger partial charge < -0.3 is 14.7 Å². The molecule has 0 spiro atoms. The van der Waals surface area contributed by atoms with Crippen LogP contribution in [0.5, 0.6) is 0 Å². The molecule has 2 atom stereocenters. The zero-order valence-electron chi connectivity index (χ0n) is 11.7. The summed E-state index contributed by atoms with van der Waals surface area (Å²) in [5, 5.41) is 10.1. The Morgan fingerprint density at radius 1 is 1.48 bits per heavy atom. The van der Waals surface area contributed by atoms with Crippen LogP contribution in [0.1, 0.15) is 16.8 Å². The van der Waals surface area contributed by atoms with Crippen molar-refractivity contribution in [2.24, 2.45) is 0 Å². The van der Waals surface area contributed by atoms with Gasteiger partial charge in [-0.2, -0.15) is 0 Å². The van der Waals surface area contributed by atoms with Gasteiger partial charge in [-0.05, 0) is 24.5 Å². The number of carbonyl (C=O) groups excluding carboxylic acids is 2. The van der Waals surface area contributed by atoms with Crippen molar-refractivity contribution in [2.45, 2.75) is 23.5 Å². The second-order valence-electron chi connectivity index (χ2n) is 4.73. The first-order chi connectivity index (χ1) is 9.97. The van der Waals surface area contributed by atoms with Crippen LogP contribution in [0.4, 0.5) is 0 Å². The maximum absolute atomic E-state index is 12.6. The summed E-state index contributed by atoms with van der Waals surface area (Å²) in [5.74, 6) is -0.903. The number of nitrogens with zero attached hydrogens (tertiary/aromatic N) is 1. The van der Waals surface area contributed by atoms with E-state index in [9.17, 15) is 14.7 Å². The van der Waals surface area contributed by atoms with E-state index < -0.39 is 18.1 Å². The number of ether oxygens (including phenoxy) is 1. The summed E-state index contributed by atoms with van der Waals surface area (Å²) in [6.45, 7) is 0.0957. The van der Waals surface area contributed by atoms with Crippen LogP contribution >= 0.6 is 23.4 Å². The lowest BCUT2D eigenvalue weighted by Gasteiger charge is -2.23. The van der Waals surface area contributed by atoms with E-state index in [1.54, 1.807) is 12.1 Å². The third-order valence-electron chi connectivity index (χ3n) is 3.42. The molecule has 5 nitrogen and oxygen atoms in total. The Morgan fingerprint density at radius 2 is 2.19 bits per heavy atom. The van der Waals surface area contributed by atoms with Gasteiger partial charge in [-0.1, -0.05) is 11.6 Å². The van der Waals surface area contributed by atoms with Gasteiger partial charge in [0.2, 0.25) is 0 Å². The number of aliphatic hydroxyl groups excluding tert-OH is 1. The van der Waals surface area contributed by atoms with Crippen LogP contribution < -0.4 is 0 Å². The molecule has 2 unspecified atom stereocenters. The molecular formula is C14H16ClNO4S. The molecule has 1 aromatic rings. The quantitative estimate of drug-likeness (QED) is 0.676. The van der Waals surface area contributed by atoms with Crippen molar-refractivity contribution in [3.05, 3.63) is 28.8 Å². The first-order valence-corrected chi connectivity index (χ1v) is 7.98. The molecule has 0 saturated carbocycles. The average Bonchev–Trinajstić information content (AvgIpc) is 2.88. The number of likely N-dealkylation sites (tertiary alicyclic amines) is 1. The molecule has 114 valence electrons. The summed E-state index contributed by atoms with van der Waals surface area (Å²) < 4.78 is 4.69. The molecule has 1 aliphatic heterocycles. The summed E-state index contributed by atoms with van der Waals surface area (Å²) >= 11 is 7.58. The predicted molar refractivity (Wildman–Crippen MR) is 80.7 cm³/mol. The molecule has 0 aliphatic carbocycles. The van der Waals surface area contributed by atoms with Crippen LogP contribution in [0.2, 0.25) is 5.02 Å². The van der Waals surface area contributed by atoms with Gasteiger partial charge in [-0.15, -0.1) is 11.8 Å². The van der Waals surface area contributed by atoms with Crippen LogP contribution in [0.15, 0.2) is 23.1 Å². The highest BCUT2D eigenvalue weighted by atomic mass is 35.5. The Balaban J connectivity index is 2.32. The van der Waals surface area contributed by atoms with Gasteiger partial charge in [0.05, 0.1) is 23.8 Å².